The minimum absolute atomic E-state index is 0.868. The lowest BCUT2D eigenvalue weighted by atomic mass is 9.98. The molecule has 1 aromatic carbocycles. The van der Waals surface area contributed by atoms with Gasteiger partial charge in [0.2, 0.25) is 0 Å². The van der Waals surface area contributed by atoms with E-state index in [-0.39, 0.29) is 0 Å². The summed E-state index contributed by atoms with van der Waals surface area (Å²) in [5, 5.41) is 3.06. The van der Waals surface area contributed by atoms with Crippen LogP contribution in [0.4, 0.5) is 11.5 Å². The highest BCUT2D eigenvalue weighted by atomic mass is 14.9. The number of hydrogen-bond acceptors (Lipinski definition) is 3. The number of nitrogens with one attached hydrogen (secondary N) is 1. The Balaban J connectivity index is 2.11. The summed E-state index contributed by atoms with van der Waals surface area (Å²) in [6, 6.07) is 8.39. The molecule has 3 N–H and O–H groups in total. The Bertz CT molecular complexity index is 590. The summed E-state index contributed by atoms with van der Waals surface area (Å²) in [6.07, 6.45) is 5.31. The number of nitrogen functional groups attached to an aromatic ring is 1. The minimum atomic E-state index is 0.868. The molecule has 2 aromatic rings. The first kappa shape index (κ1) is 11.1. The van der Waals surface area contributed by atoms with Crippen LogP contribution >= 0.6 is 0 Å². The molecular formula is C15H17N3. The van der Waals surface area contributed by atoms with Gasteiger partial charge >= 0.3 is 0 Å². The van der Waals surface area contributed by atoms with Crippen molar-refractivity contribution in [3.8, 4) is 11.1 Å². The van der Waals surface area contributed by atoms with E-state index in [1.807, 2.05) is 25.4 Å². The molecule has 0 unspecified atom stereocenters. The van der Waals surface area contributed by atoms with Crippen LogP contribution in [0.2, 0.25) is 0 Å². The molecule has 0 saturated carbocycles. The predicted molar refractivity (Wildman–Crippen MR) is 75.7 cm³/mol. The Morgan fingerprint density at radius 1 is 1.22 bits per heavy atom. The third kappa shape index (κ3) is 1.72. The number of nitrogens with two attached hydrogens (primary N) is 1. The van der Waals surface area contributed by atoms with E-state index in [2.05, 4.69) is 22.4 Å². The summed E-state index contributed by atoms with van der Waals surface area (Å²) in [4.78, 5) is 4.23. The van der Waals surface area contributed by atoms with Crippen LogP contribution in [0.3, 0.4) is 0 Å². The van der Waals surface area contributed by atoms with Crippen molar-refractivity contribution in [3.05, 3.63) is 41.6 Å². The zero-order valence-corrected chi connectivity index (χ0v) is 10.5. The SMILES string of the molecule is CNc1cc(-c2ccc3c(c2N)CCC3)ccn1. The summed E-state index contributed by atoms with van der Waals surface area (Å²) in [5.74, 6) is 0.868. The van der Waals surface area contributed by atoms with Crippen LogP contribution in [-0.2, 0) is 12.8 Å². The number of nitrogens with zero attached hydrogens (tertiary/aromatic N) is 1. The van der Waals surface area contributed by atoms with Gasteiger partial charge in [-0.2, -0.15) is 0 Å². The molecule has 0 fully saturated rings. The Morgan fingerprint density at radius 3 is 2.94 bits per heavy atom. The normalized spacial score (nSPS) is 13.4. The third-order valence-corrected chi connectivity index (χ3v) is 3.65. The zero-order valence-electron chi connectivity index (χ0n) is 10.5. The van der Waals surface area contributed by atoms with E-state index in [4.69, 9.17) is 5.73 Å². The van der Waals surface area contributed by atoms with Crippen LogP contribution in [0.25, 0.3) is 11.1 Å². The van der Waals surface area contributed by atoms with Crippen molar-refractivity contribution >= 4 is 11.5 Å². The monoisotopic (exact) mass is 239 g/mol. The quantitative estimate of drug-likeness (QED) is 0.792. The van der Waals surface area contributed by atoms with E-state index >= 15 is 0 Å². The molecule has 1 aromatic heterocycles. The molecule has 1 aliphatic carbocycles. The van der Waals surface area contributed by atoms with Gasteiger partial charge in [-0.1, -0.05) is 12.1 Å². The van der Waals surface area contributed by atoms with Gasteiger partial charge in [0.05, 0.1) is 0 Å². The molecule has 0 spiro atoms. The van der Waals surface area contributed by atoms with Crippen LogP contribution < -0.4 is 11.1 Å². The molecule has 3 rings (SSSR count). The molecule has 0 bridgehead atoms. The van der Waals surface area contributed by atoms with E-state index < -0.39 is 0 Å². The van der Waals surface area contributed by atoms with Gasteiger partial charge in [-0.15, -0.1) is 0 Å². The predicted octanol–water partition coefficient (Wildman–Crippen LogP) is 2.86. The highest BCUT2D eigenvalue weighted by molar-refractivity contribution is 5.80. The maximum Gasteiger partial charge on any atom is 0.126 e. The summed E-state index contributed by atoms with van der Waals surface area (Å²) < 4.78 is 0. The molecule has 92 valence electrons. The third-order valence-electron chi connectivity index (χ3n) is 3.65. The van der Waals surface area contributed by atoms with Gasteiger partial charge in [-0.25, -0.2) is 4.98 Å². The summed E-state index contributed by atoms with van der Waals surface area (Å²) in [7, 11) is 1.87. The van der Waals surface area contributed by atoms with E-state index in [0.717, 1.165) is 35.5 Å². The maximum absolute atomic E-state index is 6.32. The summed E-state index contributed by atoms with van der Waals surface area (Å²) in [6.45, 7) is 0. The smallest absolute Gasteiger partial charge is 0.126 e. The molecule has 0 radical (unpaired) electrons. The summed E-state index contributed by atoms with van der Waals surface area (Å²) >= 11 is 0. The Morgan fingerprint density at radius 2 is 2.11 bits per heavy atom. The second kappa shape index (κ2) is 4.33. The van der Waals surface area contributed by atoms with Gasteiger partial charge in [-0.3, -0.25) is 0 Å². The van der Waals surface area contributed by atoms with Gasteiger partial charge in [0.1, 0.15) is 5.82 Å². The lowest BCUT2D eigenvalue weighted by Gasteiger charge is -2.11. The number of anilines is 2. The van der Waals surface area contributed by atoms with Crippen molar-refractivity contribution in [2.24, 2.45) is 0 Å². The highest BCUT2D eigenvalue weighted by Crippen LogP contribution is 2.35. The Hall–Kier alpha value is -2.03. The maximum atomic E-state index is 6.32. The number of aryl methyl sites for hydroxylation is 1. The number of rotatable bonds is 2. The number of pyridine rings is 1. The zero-order chi connectivity index (χ0) is 12.5. The van der Waals surface area contributed by atoms with Crippen molar-refractivity contribution in [2.45, 2.75) is 19.3 Å². The molecule has 3 heteroatoms. The van der Waals surface area contributed by atoms with Crippen LogP contribution in [-0.4, -0.2) is 12.0 Å². The number of hydrogen-bond donors (Lipinski definition) is 2. The van der Waals surface area contributed by atoms with Gasteiger partial charge in [0, 0.05) is 24.5 Å². The van der Waals surface area contributed by atoms with Crippen molar-refractivity contribution in [2.75, 3.05) is 18.1 Å². The fourth-order valence-corrected chi connectivity index (χ4v) is 2.68. The molecule has 1 aliphatic rings. The molecule has 0 aliphatic heterocycles. The largest absolute Gasteiger partial charge is 0.398 e. The van der Waals surface area contributed by atoms with Crippen LogP contribution in [0.1, 0.15) is 17.5 Å². The highest BCUT2D eigenvalue weighted by Gasteiger charge is 2.16. The molecule has 0 amide bonds. The van der Waals surface area contributed by atoms with Crippen LogP contribution in [0, 0.1) is 0 Å². The number of benzene rings is 1. The second-order valence-electron chi connectivity index (χ2n) is 4.70. The fourth-order valence-electron chi connectivity index (χ4n) is 2.68. The van der Waals surface area contributed by atoms with Crippen molar-refractivity contribution in [1.82, 2.24) is 4.98 Å². The molecule has 0 atom stereocenters. The Labute approximate surface area is 107 Å². The first-order valence-electron chi connectivity index (χ1n) is 6.34. The fraction of sp³-hybridized carbons (Fsp3) is 0.267. The lowest BCUT2D eigenvalue weighted by Crippen LogP contribution is -1.98. The van der Waals surface area contributed by atoms with Gasteiger partial charge in [0.25, 0.3) is 0 Å². The standard InChI is InChI=1S/C15H17N3/c1-17-14-9-11(7-8-18-14)13-6-5-10-3-2-4-12(10)15(13)16/h5-9H,2-4,16H2,1H3,(H,17,18). The van der Waals surface area contributed by atoms with Crippen molar-refractivity contribution in [3.63, 3.8) is 0 Å². The lowest BCUT2D eigenvalue weighted by molar-refractivity contribution is 0.912. The van der Waals surface area contributed by atoms with Crippen LogP contribution in [0.5, 0.6) is 0 Å². The number of aromatic nitrogens is 1. The molecule has 1 heterocycles. The van der Waals surface area contributed by atoms with Crippen molar-refractivity contribution < 1.29 is 0 Å². The first-order chi connectivity index (χ1) is 8.79. The second-order valence-corrected chi connectivity index (χ2v) is 4.70. The summed E-state index contributed by atoms with van der Waals surface area (Å²) in [5.41, 5.74) is 12.3. The minimum Gasteiger partial charge on any atom is -0.398 e. The van der Waals surface area contributed by atoms with Crippen LogP contribution in [0.15, 0.2) is 30.5 Å². The van der Waals surface area contributed by atoms with Gasteiger partial charge in [-0.05, 0) is 48.1 Å². The van der Waals surface area contributed by atoms with E-state index in [1.54, 1.807) is 0 Å². The first-order valence-corrected chi connectivity index (χ1v) is 6.34. The van der Waals surface area contributed by atoms with Gasteiger partial charge in [0.15, 0.2) is 0 Å². The van der Waals surface area contributed by atoms with Crippen molar-refractivity contribution in [1.29, 1.82) is 0 Å². The topological polar surface area (TPSA) is 50.9 Å². The molecule has 3 nitrogen and oxygen atoms in total. The number of fused-ring (bicyclic) bond motifs is 1. The van der Waals surface area contributed by atoms with E-state index in [9.17, 15) is 0 Å². The molecular weight excluding hydrogens is 222 g/mol. The van der Waals surface area contributed by atoms with E-state index in [1.165, 1.54) is 17.5 Å². The van der Waals surface area contributed by atoms with E-state index in [0.29, 0.717) is 0 Å². The molecule has 18 heavy (non-hydrogen) atoms. The molecule has 0 saturated heterocycles. The average Bonchev–Trinajstić information content (AvgIpc) is 2.88. The average molecular weight is 239 g/mol. The van der Waals surface area contributed by atoms with Gasteiger partial charge < -0.3 is 11.1 Å². The Kier molecular flexibility index (Phi) is 2.67.